The Morgan fingerprint density at radius 2 is 1.40 bits per heavy atom. The molecule has 4 rings (SSSR count). The molecular formula is C29H30ClN5O5. The molecule has 0 spiro atoms. The van der Waals surface area contributed by atoms with Crippen LogP contribution in [0.3, 0.4) is 0 Å². The van der Waals surface area contributed by atoms with Crippen molar-refractivity contribution in [3.8, 4) is 23.0 Å². The number of hydrogen-bond acceptors (Lipinski definition) is 9. The number of benzene rings is 3. The average molecular weight is 564 g/mol. The number of rotatable bonds is 12. The fourth-order valence-corrected chi connectivity index (χ4v) is 4.04. The fourth-order valence-electron chi connectivity index (χ4n) is 3.84. The van der Waals surface area contributed by atoms with Crippen molar-refractivity contribution in [3.63, 3.8) is 0 Å². The molecule has 0 unspecified atom stereocenters. The van der Waals surface area contributed by atoms with Gasteiger partial charge in [0.15, 0.2) is 23.0 Å². The van der Waals surface area contributed by atoms with Crippen LogP contribution in [0.5, 0.6) is 23.0 Å². The second kappa shape index (κ2) is 13.4. The van der Waals surface area contributed by atoms with Crippen LogP contribution in [0, 0.1) is 0 Å². The first-order chi connectivity index (χ1) is 19.4. The van der Waals surface area contributed by atoms with Gasteiger partial charge >= 0.3 is 0 Å². The van der Waals surface area contributed by atoms with Crippen molar-refractivity contribution in [1.82, 2.24) is 14.8 Å². The maximum Gasteiger partial charge on any atom is 0.274 e. The van der Waals surface area contributed by atoms with Crippen LogP contribution in [0.1, 0.15) is 21.5 Å². The van der Waals surface area contributed by atoms with Crippen LogP contribution in [0.4, 0.5) is 11.9 Å². The number of ether oxygens (including phenoxy) is 4. The second-order valence-electron chi connectivity index (χ2n) is 8.45. The van der Waals surface area contributed by atoms with Gasteiger partial charge in [0.2, 0.25) is 11.9 Å². The molecule has 0 atom stereocenters. The van der Waals surface area contributed by atoms with E-state index in [-0.39, 0.29) is 11.9 Å². The minimum Gasteiger partial charge on any atom is -0.493 e. The van der Waals surface area contributed by atoms with Crippen molar-refractivity contribution in [1.29, 1.82) is 0 Å². The number of carbonyl (C=O) groups excluding carboxylic acids is 1. The highest BCUT2D eigenvalue weighted by molar-refractivity contribution is 6.32. The van der Waals surface area contributed by atoms with E-state index < -0.39 is 5.91 Å². The van der Waals surface area contributed by atoms with Gasteiger partial charge in [0.25, 0.3) is 5.91 Å². The first kappa shape index (κ1) is 28.3. The van der Waals surface area contributed by atoms with E-state index >= 15 is 0 Å². The molecule has 0 aliphatic rings. The van der Waals surface area contributed by atoms with Crippen molar-refractivity contribution >= 4 is 35.5 Å². The van der Waals surface area contributed by atoms with Gasteiger partial charge < -0.3 is 29.6 Å². The largest absolute Gasteiger partial charge is 0.493 e. The molecular weight excluding hydrogens is 534 g/mol. The number of nitrogens with zero attached hydrogens (tertiary/aromatic N) is 3. The predicted molar refractivity (Wildman–Crippen MR) is 155 cm³/mol. The molecule has 0 amide bonds. The number of anilines is 2. The summed E-state index contributed by atoms with van der Waals surface area (Å²) in [6.07, 6.45) is 3.04. The van der Waals surface area contributed by atoms with Crippen molar-refractivity contribution in [3.05, 3.63) is 88.5 Å². The number of nitrogens with one attached hydrogen (secondary N) is 2. The van der Waals surface area contributed by atoms with Gasteiger partial charge in [0, 0.05) is 24.2 Å². The van der Waals surface area contributed by atoms with Crippen LogP contribution in [-0.4, -0.2) is 49.1 Å². The van der Waals surface area contributed by atoms with Crippen LogP contribution in [0.25, 0.3) is 6.08 Å². The van der Waals surface area contributed by atoms with Gasteiger partial charge in [-0.1, -0.05) is 41.9 Å². The van der Waals surface area contributed by atoms with E-state index in [1.54, 1.807) is 40.6 Å². The van der Waals surface area contributed by atoms with Crippen molar-refractivity contribution < 1.29 is 23.7 Å². The Kier molecular flexibility index (Phi) is 9.48. The lowest BCUT2D eigenvalue weighted by atomic mass is 10.2. The molecule has 2 N–H and O–H groups in total. The molecule has 0 bridgehead atoms. The Hall–Kier alpha value is -4.70. The van der Waals surface area contributed by atoms with Gasteiger partial charge in [-0.3, -0.25) is 4.79 Å². The molecule has 1 heterocycles. The summed E-state index contributed by atoms with van der Waals surface area (Å²) in [7, 11) is 6.32. The zero-order valence-electron chi connectivity index (χ0n) is 22.6. The number of aromatic nitrogens is 3. The summed E-state index contributed by atoms with van der Waals surface area (Å²) in [5.74, 6) is 2.59. The summed E-state index contributed by atoms with van der Waals surface area (Å²) in [4.78, 5) is 17.7. The van der Waals surface area contributed by atoms with E-state index in [4.69, 9.17) is 30.5 Å². The maximum absolute atomic E-state index is 13.2. The van der Waals surface area contributed by atoms with Crippen LogP contribution in [0.2, 0.25) is 5.02 Å². The summed E-state index contributed by atoms with van der Waals surface area (Å²) in [5, 5.41) is 11.3. The quantitative estimate of drug-likeness (QED) is 0.215. The average Bonchev–Trinajstić information content (AvgIpc) is 3.41. The monoisotopic (exact) mass is 563 g/mol. The molecule has 1 aromatic heterocycles. The number of halogens is 1. The summed E-state index contributed by atoms with van der Waals surface area (Å²) < 4.78 is 22.6. The lowest BCUT2D eigenvalue weighted by Crippen LogP contribution is -2.14. The van der Waals surface area contributed by atoms with Crippen LogP contribution < -0.4 is 29.6 Å². The number of allylic oxidation sites excluding steroid dienone is 1. The van der Waals surface area contributed by atoms with E-state index in [0.29, 0.717) is 46.7 Å². The van der Waals surface area contributed by atoms with Gasteiger partial charge in [-0.05, 0) is 53.1 Å². The molecule has 40 heavy (non-hydrogen) atoms. The van der Waals surface area contributed by atoms with E-state index in [1.165, 1.54) is 10.8 Å². The van der Waals surface area contributed by atoms with Gasteiger partial charge in [0.1, 0.15) is 0 Å². The number of methoxy groups -OCH3 is 4. The maximum atomic E-state index is 13.2. The topological polar surface area (TPSA) is 109 Å². The standard InChI is InChI=1S/C29H30ClN5O5/c1-37-23-12-9-19(15-25(23)39-3)17-31-28-33-29(32-18-20-10-13-24(38-2)26(16-20)40-4)35(34-28)27(36)14-11-21-7-5-6-8-22(21)30/h5-16H,17-18H2,1-4H3,(H2,31,32,33,34)/b14-11+. The zero-order chi connectivity index (χ0) is 28.5. The third-order valence-electron chi connectivity index (χ3n) is 5.92. The van der Waals surface area contributed by atoms with Gasteiger partial charge in [-0.25, -0.2) is 0 Å². The van der Waals surface area contributed by atoms with Crippen molar-refractivity contribution in [2.75, 3.05) is 39.1 Å². The summed E-state index contributed by atoms with van der Waals surface area (Å²) in [5.41, 5.74) is 2.52. The lowest BCUT2D eigenvalue weighted by molar-refractivity contribution is 0.0957. The molecule has 0 fully saturated rings. The number of carbonyl (C=O) groups is 1. The van der Waals surface area contributed by atoms with Gasteiger partial charge in [0.05, 0.1) is 28.4 Å². The third kappa shape index (κ3) is 6.83. The van der Waals surface area contributed by atoms with E-state index in [2.05, 4.69) is 20.7 Å². The first-order valence-corrected chi connectivity index (χ1v) is 12.7. The van der Waals surface area contributed by atoms with Crippen LogP contribution >= 0.6 is 11.6 Å². The molecule has 0 saturated carbocycles. The third-order valence-corrected chi connectivity index (χ3v) is 6.27. The van der Waals surface area contributed by atoms with Crippen molar-refractivity contribution in [2.45, 2.75) is 13.1 Å². The predicted octanol–water partition coefficient (Wildman–Crippen LogP) is 5.54. The summed E-state index contributed by atoms with van der Waals surface area (Å²) >= 11 is 6.24. The second-order valence-corrected chi connectivity index (χ2v) is 8.86. The Morgan fingerprint density at radius 1 is 0.825 bits per heavy atom. The van der Waals surface area contributed by atoms with Crippen LogP contribution in [0.15, 0.2) is 66.7 Å². The molecule has 0 aliphatic carbocycles. The Bertz CT molecular complexity index is 1500. The molecule has 0 saturated heterocycles. The Balaban J connectivity index is 1.56. The highest BCUT2D eigenvalue weighted by atomic mass is 35.5. The smallest absolute Gasteiger partial charge is 0.274 e. The lowest BCUT2D eigenvalue weighted by Gasteiger charge is -2.10. The molecule has 208 valence electrons. The molecule has 3 aromatic carbocycles. The van der Waals surface area contributed by atoms with Crippen molar-refractivity contribution in [2.24, 2.45) is 0 Å². The normalized spacial score (nSPS) is 10.8. The Morgan fingerprint density at radius 3 is 1.98 bits per heavy atom. The highest BCUT2D eigenvalue weighted by Crippen LogP contribution is 2.29. The van der Waals surface area contributed by atoms with E-state index in [9.17, 15) is 4.79 Å². The van der Waals surface area contributed by atoms with E-state index in [0.717, 1.165) is 11.1 Å². The summed E-state index contributed by atoms with van der Waals surface area (Å²) in [6, 6.07) is 18.4. The minimum absolute atomic E-state index is 0.262. The van der Waals surface area contributed by atoms with Crippen LogP contribution in [-0.2, 0) is 13.1 Å². The van der Waals surface area contributed by atoms with E-state index in [1.807, 2.05) is 54.6 Å². The zero-order valence-corrected chi connectivity index (χ0v) is 23.4. The van der Waals surface area contributed by atoms with Gasteiger partial charge in [-0.2, -0.15) is 9.67 Å². The summed E-state index contributed by atoms with van der Waals surface area (Å²) in [6.45, 7) is 0.749. The fraction of sp³-hybridized carbons (Fsp3) is 0.207. The SMILES string of the molecule is COc1ccc(CNc2nc(NCc3ccc(OC)c(OC)c3)n(C(=O)/C=C/c3ccccc3Cl)n2)cc1OC. The molecule has 4 aromatic rings. The molecule has 0 aliphatic heterocycles. The molecule has 11 heteroatoms. The first-order valence-electron chi connectivity index (χ1n) is 12.3. The molecule has 10 nitrogen and oxygen atoms in total. The number of hydrogen-bond donors (Lipinski definition) is 2. The van der Waals surface area contributed by atoms with Gasteiger partial charge in [-0.15, -0.1) is 5.10 Å². The molecule has 0 radical (unpaired) electrons. The Labute approximate surface area is 237 Å². The highest BCUT2D eigenvalue weighted by Gasteiger charge is 2.16. The minimum atomic E-state index is -0.401.